The van der Waals surface area contributed by atoms with Crippen LogP contribution in [0.25, 0.3) is 11.3 Å². The molecule has 8 nitrogen and oxygen atoms in total. The average Bonchev–Trinajstić information content (AvgIpc) is 3.56. The smallest absolute Gasteiger partial charge is 0.197 e. The predicted octanol–water partition coefficient (Wildman–Crippen LogP) is 9.21. The lowest BCUT2D eigenvalue weighted by molar-refractivity contribution is 0.475. The molecule has 0 spiro atoms. The van der Waals surface area contributed by atoms with Gasteiger partial charge in [0.1, 0.15) is 23.1 Å². The van der Waals surface area contributed by atoms with Gasteiger partial charge in [0.05, 0.1) is 35.2 Å². The fourth-order valence-corrected chi connectivity index (χ4v) is 4.16. The highest BCUT2D eigenvalue weighted by Crippen LogP contribution is 2.30. The van der Waals surface area contributed by atoms with E-state index in [1.165, 1.54) is 24.3 Å². The van der Waals surface area contributed by atoms with Crippen molar-refractivity contribution in [1.82, 2.24) is 29.2 Å². The van der Waals surface area contributed by atoms with Crippen molar-refractivity contribution < 1.29 is 18.3 Å². The molecule has 44 heavy (non-hydrogen) atoms. The first-order valence-corrected chi connectivity index (χ1v) is 14.7. The molecule has 6 aromatic rings. The molecule has 0 bridgehead atoms. The second kappa shape index (κ2) is 14.1. The van der Waals surface area contributed by atoms with Crippen LogP contribution in [-0.2, 0) is 0 Å². The van der Waals surface area contributed by atoms with E-state index >= 15 is 0 Å². The summed E-state index contributed by atoms with van der Waals surface area (Å²) in [5.74, 6) is 2.11. The number of hydrogen-bond donors (Lipinski definition) is 0. The molecule has 0 fully saturated rings. The van der Waals surface area contributed by atoms with Gasteiger partial charge in [0.25, 0.3) is 0 Å². The molecule has 2 aromatic carbocycles. The number of aromatic nitrogens is 6. The molecule has 230 valence electrons. The van der Waals surface area contributed by atoms with Crippen molar-refractivity contribution in [2.75, 3.05) is 0 Å². The van der Waals surface area contributed by atoms with E-state index < -0.39 is 0 Å². The molecule has 0 amide bonds. The van der Waals surface area contributed by atoms with Crippen LogP contribution in [0.4, 0.5) is 8.78 Å². The van der Waals surface area contributed by atoms with E-state index in [4.69, 9.17) is 9.47 Å². The summed E-state index contributed by atoms with van der Waals surface area (Å²) in [5.41, 5.74) is 4.81. The van der Waals surface area contributed by atoms with Gasteiger partial charge in [0, 0.05) is 18.2 Å². The lowest BCUT2D eigenvalue weighted by atomic mass is 10.1. The molecule has 0 aliphatic heterocycles. The van der Waals surface area contributed by atoms with Crippen molar-refractivity contribution in [2.45, 2.75) is 67.2 Å². The van der Waals surface area contributed by atoms with Gasteiger partial charge in [-0.2, -0.15) is 10.2 Å². The van der Waals surface area contributed by atoms with Gasteiger partial charge in [-0.25, -0.2) is 27.8 Å². The maximum Gasteiger partial charge on any atom is 0.197 e. The number of nitrogens with zero attached hydrogens (tertiary/aromatic N) is 6. The molecule has 4 aromatic heterocycles. The normalized spacial score (nSPS) is 10.9. The minimum Gasteiger partial charge on any atom is -0.453 e. The molecule has 4 heterocycles. The second-order valence-corrected chi connectivity index (χ2v) is 10.6. The first-order chi connectivity index (χ1) is 21.0. The summed E-state index contributed by atoms with van der Waals surface area (Å²) >= 11 is 0. The topological polar surface area (TPSA) is 78.8 Å². The number of aryl methyl sites for hydroxylation is 2. The molecule has 0 aliphatic carbocycles. The Hall–Kier alpha value is -4.86. The van der Waals surface area contributed by atoms with E-state index in [0.29, 0.717) is 34.3 Å². The summed E-state index contributed by atoms with van der Waals surface area (Å²) in [4.78, 5) is 8.84. The van der Waals surface area contributed by atoms with E-state index in [9.17, 15) is 8.78 Å². The highest BCUT2D eigenvalue weighted by molar-refractivity contribution is 5.56. The summed E-state index contributed by atoms with van der Waals surface area (Å²) < 4.78 is 41.4. The first-order valence-electron chi connectivity index (χ1n) is 14.7. The van der Waals surface area contributed by atoms with Gasteiger partial charge in [-0.1, -0.05) is 47.6 Å². The third kappa shape index (κ3) is 7.75. The van der Waals surface area contributed by atoms with Gasteiger partial charge < -0.3 is 9.47 Å². The summed E-state index contributed by atoms with van der Waals surface area (Å²) in [6.07, 6.45) is 3.71. The van der Waals surface area contributed by atoms with Gasteiger partial charge >= 0.3 is 0 Å². The van der Waals surface area contributed by atoms with Gasteiger partial charge in [0.2, 0.25) is 0 Å². The Balaban J connectivity index is 0.000000190. The summed E-state index contributed by atoms with van der Waals surface area (Å²) in [6.45, 7) is 16.1. The van der Waals surface area contributed by atoms with Crippen LogP contribution in [0, 0.1) is 25.5 Å². The Morgan fingerprint density at radius 1 is 0.614 bits per heavy atom. The van der Waals surface area contributed by atoms with Crippen molar-refractivity contribution in [3.8, 4) is 23.0 Å². The lowest BCUT2D eigenvalue weighted by Crippen LogP contribution is -2.01. The molecule has 10 heteroatoms. The van der Waals surface area contributed by atoms with Crippen LogP contribution < -0.4 is 9.47 Å². The molecule has 0 N–H and O–H groups in total. The minimum absolute atomic E-state index is 0.256. The highest BCUT2D eigenvalue weighted by atomic mass is 19.1. The number of rotatable bonds is 6. The molecule has 0 unspecified atom stereocenters. The van der Waals surface area contributed by atoms with Crippen LogP contribution in [0.5, 0.6) is 23.0 Å². The molecular weight excluding hydrogens is 562 g/mol. The maximum atomic E-state index is 13.3. The Bertz CT molecular complexity index is 1850. The number of fused-ring (bicyclic) bond motifs is 2. The van der Waals surface area contributed by atoms with E-state index in [0.717, 1.165) is 22.8 Å². The van der Waals surface area contributed by atoms with E-state index in [1.807, 2.05) is 52.2 Å². The van der Waals surface area contributed by atoms with Gasteiger partial charge in [0.15, 0.2) is 22.8 Å². The van der Waals surface area contributed by atoms with Crippen molar-refractivity contribution in [2.24, 2.45) is 0 Å². The zero-order valence-corrected chi connectivity index (χ0v) is 26.3. The highest BCUT2D eigenvalue weighted by Gasteiger charge is 2.14. The van der Waals surface area contributed by atoms with Gasteiger partial charge in [-0.05, 0) is 62.1 Å². The summed E-state index contributed by atoms with van der Waals surface area (Å²) in [7, 11) is 0. The van der Waals surface area contributed by atoms with E-state index in [2.05, 4.69) is 47.9 Å². The maximum absolute atomic E-state index is 13.3. The zero-order chi connectivity index (χ0) is 32.0. The Morgan fingerprint density at radius 3 is 1.55 bits per heavy atom. The van der Waals surface area contributed by atoms with Crippen LogP contribution in [0.15, 0.2) is 73.1 Å². The van der Waals surface area contributed by atoms with Crippen LogP contribution in [0.1, 0.15) is 76.2 Å². The Labute approximate surface area is 256 Å². The van der Waals surface area contributed by atoms with Crippen LogP contribution in [-0.4, -0.2) is 29.2 Å². The van der Waals surface area contributed by atoms with Gasteiger partial charge in [-0.15, -0.1) is 0 Å². The largest absolute Gasteiger partial charge is 0.453 e. The average molecular weight is 601 g/mol. The quantitative estimate of drug-likeness (QED) is 0.190. The molecule has 6 rings (SSSR count). The molecule has 0 radical (unpaired) electrons. The fourth-order valence-electron chi connectivity index (χ4n) is 4.16. The van der Waals surface area contributed by atoms with Gasteiger partial charge in [-0.3, -0.25) is 0 Å². The van der Waals surface area contributed by atoms with Crippen molar-refractivity contribution >= 4 is 11.3 Å². The summed E-state index contributed by atoms with van der Waals surface area (Å²) in [6, 6.07) is 15.7. The number of benzene rings is 2. The van der Waals surface area contributed by atoms with Crippen LogP contribution in [0.2, 0.25) is 0 Å². The number of hydrogen-bond acceptors (Lipinski definition) is 6. The third-order valence-electron chi connectivity index (χ3n) is 6.31. The van der Waals surface area contributed by atoms with Crippen molar-refractivity contribution in [3.63, 3.8) is 0 Å². The number of imidazole rings is 2. The molecular formula is C34H38F2N6O2. The van der Waals surface area contributed by atoms with Crippen LogP contribution in [0.3, 0.4) is 0 Å². The SMILES string of the molecule is CC.Cc1cn2nc(C(C)C)cc(Oc3ccc(F)cc3)c2n1.Cc1cn2nc(C(C)C)cc(Oc3cccc(F)c3)c2n1. The Morgan fingerprint density at radius 2 is 1.09 bits per heavy atom. The third-order valence-corrected chi connectivity index (χ3v) is 6.31. The molecule has 0 aliphatic rings. The standard InChI is InChI=1S/2C16H16FN3O.C2H6/c1-10(2)14-8-15(16-18-11(3)9-20(16)19-14)21-13-6-4-12(17)5-7-13;1-10(2)14-8-15(16-18-11(3)9-20(16)19-14)21-13-6-4-5-12(17)7-13;1-2/h2*4-10H,1-3H3;1-2H3. The van der Waals surface area contributed by atoms with E-state index in [-0.39, 0.29) is 23.5 Å². The predicted molar refractivity (Wildman–Crippen MR) is 168 cm³/mol. The first kappa shape index (κ1) is 32.1. The van der Waals surface area contributed by atoms with E-state index in [1.54, 1.807) is 33.3 Å². The molecule has 0 saturated carbocycles. The Kier molecular flexibility index (Phi) is 10.3. The van der Waals surface area contributed by atoms with Crippen molar-refractivity contribution in [3.05, 3.63) is 107 Å². The zero-order valence-electron chi connectivity index (χ0n) is 26.3. The van der Waals surface area contributed by atoms with Crippen molar-refractivity contribution in [1.29, 1.82) is 0 Å². The molecule has 0 atom stereocenters. The summed E-state index contributed by atoms with van der Waals surface area (Å²) in [5, 5.41) is 9.04. The number of halogens is 2. The number of ether oxygens (including phenoxy) is 2. The molecule has 0 saturated heterocycles. The monoisotopic (exact) mass is 600 g/mol. The fraction of sp³-hybridized carbons (Fsp3) is 0.294. The second-order valence-electron chi connectivity index (χ2n) is 10.6. The minimum atomic E-state index is -0.332. The van der Waals surface area contributed by atoms with Crippen LogP contribution >= 0.6 is 0 Å². The lowest BCUT2D eigenvalue weighted by Gasteiger charge is -2.10.